The lowest BCUT2D eigenvalue weighted by Crippen LogP contribution is -2.37. The molecule has 0 bridgehead atoms. The van der Waals surface area contributed by atoms with Crippen molar-refractivity contribution in [2.45, 2.75) is 85.2 Å². The fourth-order valence-electron chi connectivity index (χ4n) is 6.02. The number of carbonyl (C=O) groups is 1. The van der Waals surface area contributed by atoms with Crippen molar-refractivity contribution >= 4 is 23.3 Å². The fraction of sp³-hybridized carbons (Fsp3) is 0.424. The van der Waals surface area contributed by atoms with Crippen LogP contribution in [0, 0.1) is 20.8 Å². The summed E-state index contributed by atoms with van der Waals surface area (Å²) in [6, 6.07) is 21.4. The molecule has 37 heavy (non-hydrogen) atoms. The second kappa shape index (κ2) is 12.4. The lowest BCUT2D eigenvalue weighted by molar-refractivity contribution is 0.107. The van der Waals surface area contributed by atoms with Gasteiger partial charge in [0.1, 0.15) is 0 Å². The number of unbranched alkanes of at least 4 members (excludes halogenated alkanes) is 1. The van der Waals surface area contributed by atoms with Gasteiger partial charge in [0.15, 0.2) is 0 Å². The predicted octanol–water partition coefficient (Wildman–Crippen LogP) is 7.70. The highest BCUT2D eigenvalue weighted by molar-refractivity contribution is 7.93. The quantitative estimate of drug-likeness (QED) is 0.260. The third kappa shape index (κ3) is 5.84. The molecule has 4 heteroatoms. The van der Waals surface area contributed by atoms with Crippen molar-refractivity contribution in [2.75, 3.05) is 6.54 Å². The van der Waals surface area contributed by atoms with E-state index in [9.17, 15) is 9.36 Å². The maximum absolute atomic E-state index is 14.9. The molecule has 0 atom stereocenters. The molecule has 0 aromatic heterocycles. The molecule has 0 spiro atoms. The number of hydrogen-bond acceptors (Lipinski definition) is 3. The van der Waals surface area contributed by atoms with E-state index in [0.29, 0.717) is 22.2 Å². The van der Waals surface area contributed by atoms with Crippen molar-refractivity contribution in [2.24, 2.45) is 0 Å². The first-order valence-electron chi connectivity index (χ1n) is 14.0. The average Bonchev–Trinajstić information content (AvgIpc) is 2.93. The largest absolute Gasteiger partial charge is 0.305 e. The smallest absolute Gasteiger partial charge is 0.230 e. The first-order valence-corrected chi connectivity index (χ1v) is 15.7. The summed E-state index contributed by atoms with van der Waals surface area (Å²) in [4.78, 5) is 17.1. The molecule has 0 N–H and O–H groups in total. The van der Waals surface area contributed by atoms with Gasteiger partial charge in [0.25, 0.3) is 0 Å². The summed E-state index contributed by atoms with van der Waals surface area (Å²) in [5.41, 5.74) is 4.73. The number of hydrogen-bond donors (Lipinski definition) is 0. The molecule has 0 unspecified atom stereocenters. The second-order valence-electron chi connectivity index (χ2n) is 10.7. The van der Waals surface area contributed by atoms with Crippen molar-refractivity contribution in [3.8, 4) is 0 Å². The highest BCUT2D eigenvalue weighted by Gasteiger charge is 2.38. The monoisotopic (exact) mass is 515 g/mol. The Bertz CT molecular complexity index is 1200. The Morgan fingerprint density at radius 3 is 1.97 bits per heavy atom. The first-order chi connectivity index (χ1) is 17.9. The molecule has 1 aliphatic carbocycles. The van der Waals surface area contributed by atoms with E-state index in [1.807, 2.05) is 67.6 Å². The Labute approximate surface area is 223 Å². The van der Waals surface area contributed by atoms with Crippen molar-refractivity contribution in [3.63, 3.8) is 0 Å². The molecular formula is C33H42NO2P. The molecule has 3 aromatic carbocycles. The predicted molar refractivity (Wildman–Crippen MR) is 157 cm³/mol. The molecule has 1 aliphatic rings. The third-order valence-electron chi connectivity index (χ3n) is 8.12. The molecule has 0 aliphatic heterocycles. The van der Waals surface area contributed by atoms with Crippen LogP contribution in [-0.4, -0.2) is 23.0 Å². The molecule has 1 saturated carbocycles. The minimum Gasteiger partial charge on any atom is -0.305 e. The Balaban J connectivity index is 1.80. The fourth-order valence-corrected chi connectivity index (χ4v) is 8.63. The zero-order valence-electron chi connectivity index (χ0n) is 23.0. The summed E-state index contributed by atoms with van der Waals surface area (Å²) in [6.07, 6.45) is 8.83. The van der Waals surface area contributed by atoms with Gasteiger partial charge in [-0.25, -0.2) is 0 Å². The van der Waals surface area contributed by atoms with Gasteiger partial charge in [-0.15, -0.1) is 0 Å². The minimum absolute atomic E-state index is 0.251. The Kier molecular flexibility index (Phi) is 9.22. The molecule has 3 nitrogen and oxygen atoms in total. The molecule has 196 valence electrons. The maximum Gasteiger partial charge on any atom is 0.230 e. The van der Waals surface area contributed by atoms with E-state index < -0.39 is 7.14 Å². The second-order valence-corrected chi connectivity index (χ2v) is 13.3. The molecule has 0 heterocycles. The van der Waals surface area contributed by atoms with Crippen LogP contribution >= 0.6 is 7.14 Å². The van der Waals surface area contributed by atoms with Gasteiger partial charge in [0.2, 0.25) is 12.7 Å². The lowest BCUT2D eigenvalue weighted by atomic mass is 9.91. The van der Waals surface area contributed by atoms with Gasteiger partial charge in [-0.3, -0.25) is 9.69 Å². The minimum atomic E-state index is -3.56. The van der Waals surface area contributed by atoms with E-state index in [1.165, 1.54) is 56.1 Å². The summed E-state index contributed by atoms with van der Waals surface area (Å²) in [6.45, 7) is 10.4. The number of aryl methyl sites for hydroxylation is 2. The van der Waals surface area contributed by atoms with Gasteiger partial charge in [-0.2, -0.15) is 0 Å². The van der Waals surface area contributed by atoms with E-state index in [0.717, 1.165) is 24.2 Å². The topological polar surface area (TPSA) is 37.4 Å². The van der Waals surface area contributed by atoms with Crippen LogP contribution in [-0.2, 0) is 11.1 Å². The van der Waals surface area contributed by atoms with Crippen LogP contribution in [0.2, 0.25) is 0 Å². The average molecular weight is 516 g/mol. The number of rotatable bonds is 10. The molecule has 1 fully saturated rings. The third-order valence-corrected chi connectivity index (χ3v) is 11.0. The maximum atomic E-state index is 14.9. The Morgan fingerprint density at radius 2 is 1.43 bits per heavy atom. The van der Waals surface area contributed by atoms with Crippen LogP contribution in [0.1, 0.15) is 84.5 Å². The highest BCUT2D eigenvalue weighted by atomic mass is 31.2. The lowest BCUT2D eigenvalue weighted by Gasteiger charge is -2.35. The zero-order chi connectivity index (χ0) is 26.4. The molecule has 3 aromatic rings. The van der Waals surface area contributed by atoms with E-state index in [1.54, 1.807) is 0 Å². The van der Waals surface area contributed by atoms with Crippen LogP contribution in [0.15, 0.2) is 66.7 Å². The Hall–Kier alpha value is -2.48. The first kappa shape index (κ1) is 27.6. The van der Waals surface area contributed by atoms with Crippen molar-refractivity contribution < 1.29 is 9.36 Å². The normalized spacial score (nSPS) is 14.7. The molecular weight excluding hydrogens is 473 g/mol. The summed E-state index contributed by atoms with van der Waals surface area (Å²) in [7, 11) is -3.56. The molecule has 0 radical (unpaired) electrons. The zero-order valence-corrected chi connectivity index (χ0v) is 23.9. The van der Waals surface area contributed by atoms with Crippen molar-refractivity contribution in [3.05, 3.63) is 94.5 Å². The van der Waals surface area contributed by atoms with Gasteiger partial charge in [0.05, 0.1) is 0 Å². The summed E-state index contributed by atoms with van der Waals surface area (Å²) in [5.74, 6) is 0. The van der Waals surface area contributed by atoms with Gasteiger partial charge in [-0.1, -0.05) is 99.3 Å². The van der Waals surface area contributed by atoms with Crippen LogP contribution in [0.3, 0.4) is 0 Å². The van der Waals surface area contributed by atoms with E-state index >= 15 is 0 Å². The standard InChI is InChI=1S/C33H42NO2P/c1-5-6-22-34(28-16-10-7-11-17-28)24-31-25(2)23-26(3)32(27(31)4)33(35)37(36,29-18-12-8-13-19-29)30-20-14-9-15-21-30/h8-9,12-15,18-21,23,28H,5-7,10-11,16-17,22,24H2,1-4H3. The number of benzene rings is 3. The van der Waals surface area contributed by atoms with Crippen LogP contribution in [0.5, 0.6) is 0 Å². The summed E-state index contributed by atoms with van der Waals surface area (Å²) < 4.78 is 14.9. The van der Waals surface area contributed by atoms with Crippen LogP contribution in [0.4, 0.5) is 0 Å². The summed E-state index contributed by atoms with van der Waals surface area (Å²) >= 11 is 0. The molecule has 0 amide bonds. The van der Waals surface area contributed by atoms with E-state index in [2.05, 4.69) is 31.7 Å². The molecule has 0 saturated heterocycles. The van der Waals surface area contributed by atoms with Crippen molar-refractivity contribution in [1.82, 2.24) is 4.90 Å². The Morgan fingerprint density at radius 1 is 0.865 bits per heavy atom. The number of nitrogens with zero attached hydrogens (tertiary/aromatic N) is 1. The highest BCUT2D eigenvalue weighted by Crippen LogP contribution is 2.48. The SMILES string of the molecule is CCCCN(Cc1c(C)cc(C)c(C(=O)P(=O)(c2ccccc2)c2ccccc2)c1C)C1CCCCC1. The van der Waals surface area contributed by atoms with Crippen molar-refractivity contribution in [1.29, 1.82) is 0 Å². The van der Waals surface area contributed by atoms with Crippen LogP contribution in [0.25, 0.3) is 0 Å². The van der Waals surface area contributed by atoms with Gasteiger partial charge in [0, 0.05) is 28.8 Å². The van der Waals surface area contributed by atoms with Gasteiger partial charge >= 0.3 is 0 Å². The van der Waals surface area contributed by atoms with Gasteiger partial charge < -0.3 is 4.57 Å². The molecule has 4 rings (SSSR count). The van der Waals surface area contributed by atoms with Crippen LogP contribution < -0.4 is 10.6 Å². The van der Waals surface area contributed by atoms with Gasteiger partial charge in [-0.05, 0) is 68.8 Å². The van der Waals surface area contributed by atoms with E-state index in [4.69, 9.17) is 0 Å². The van der Waals surface area contributed by atoms with E-state index in [-0.39, 0.29) is 5.52 Å². The number of carbonyl (C=O) groups excluding carboxylic acids is 1. The summed E-state index contributed by atoms with van der Waals surface area (Å²) in [5, 5.41) is 1.19.